The van der Waals surface area contributed by atoms with E-state index < -0.39 is 23.2 Å². The maximum Gasteiger partial charge on any atom is 0.234 e. The lowest BCUT2D eigenvalue weighted by Gasteiger charge is -2.34. The maximum absolute atomic E-state index is 14.0. The summed E-state index contributed by atoms with van der Waals surface area (Å²) >= 11 is 1.24. The molecular formula is C15H17FNO3S-. The fourth-order valence-electron chi connectivity index (χ4n) is 2.46. The Bertz CT molecular complexity index is 549. The largest absolute Gasteiger partial charge is 0.548 e. The van der Waals surface area contributed by atoms with Gasteiger partial charge in [-0.3, -0.25) is 4.79 Å². The molecule has 0 saturated carbocycles. The molecule has 1 aliphatic heterocycles. The Hall–Kier alpha value is -1.56. The Morgan fingerprint density at radius 3 is 2.71 bits per heavy atom. The molecule has 21 heavy (non-hydrogen) atoms. The van der Waals surface area contributed by atoms with E-state index in [1.165, 1.54) is 22.7 Å². The molecule has 114 valence electrons. The van der Waals surface area contributed by atoms with Crippen molar-refractivity contribution in [1.29, 1.82) is 0 Å². The van der Waals surface area contributed by atoms with Crippen LogP contribution in [0.15, 0.2) is 24.3 Å². The highest BCUT2D eigenvalue weighted by molar-refractivity contribution is 8.00. The number of nitrogens with zero attached hydrogens (tertiary/aromatic N) is 1. The van der Waals surface area contributed by atoms with E-state index in [0.29, 0.717) is 12.0 Å². The Balaban J connectivity index is 2.36. The van der Waals surface area contributed by atoms with E-state index in [1.807, 2.05) is 13.8 Å². The zero-order valence-corrected chi connectivity index (χ0v) is 12.7. The topological polar surface area (TPSA) is 60.4 Å². The quantitative estimate of drug-likeness (QED) is 0.828. The number of thioether (sulfide) groups is 1. The average molecular weight is 310 g/mol. The summed E-state index contributed by atoms with van der Waals surface area (Å²) in [6.07, 6.45) is 0.291. The number of carbonyl (C=O) groups excluding carboxylic acids is 2. The van der Waals surface area contributed by atoms with Gasteiger partial charge < -0.3 is 14.8 Å². The van der Waals surface area contributed by atoms with Gasteiger partial charge >= 0.3 is 0 Å². The molecule has 2 rings (SSSR count). The molecule has 1 aromatic carbocycles. The number of benzene rings is 1. The highest BCUT2D eigenvalue weighted by Gasteiger charge is 2.39. The molecule has 0 unspecified atom stereocenters. The molecule has 1 heterocycles. The summed E-state index contributed by atoms with van der Waals surface area (Å²) in [5.41, 5.74) is 0.336. The number of amides is 1. The number of hydrogen-bond acceptors (Lipinski definition) is 4. The molecule has 1 aliphatic rings. The second kappa shape index (κ2) is 6.47. The fraction of sp³-hybridized carbons (Fsp3) is 0.467. The summed E-state index contributed by atoms with van der Waals surface area (Å²) in [5.74, 6) is -1.77. The number of rotatable bonds is 5. The van der Waals surface area contributed by atoms with Crippen LogP contribution < -0.4 is 5.11 Å². The standard InChI is InChI=1S/C15H18FNO3S/c1-9(2)7-12(15(19)20)17-13(18)8-21-14(17)10-5-3-4-6-11(10)16/h3-6,9,12,14H,7-8H2,1-2H3,(H,19,20)/p-1/t12-,14+/m1/s1. The molecule has 1 fully saturated rings. The number of carboxylic acids is 1. The molecule has 1 aromatic rings. The smallest absolute Gasteiger partial charge is 0.234 e. The lowest BCUT2D eigenvalue weighted by molar-refractivity contribution is -0.312. The lowest BCUT2D eigenvalue weighted by atomic mass is 10.0. The first kappa shape index (κ1) is 15.8. The van der Waals surface area contributed by atoms with Crippen LogP contribution in [0.25, 0.3) is 0 Å². The highest BCUT2D eigenvalue weighted by atomic mass is 32.2. The van der Waals surface area contributed by atoms with Gasteiger partial charge in [-0.1, -0.05) is 32.0 Å². The third kappa shape index (κ3) is 3.37. The summed E-state index contributed by atoms with van der Waals surface area (Å²) in [7, 11) is 0. The van der Waals surface area contributed by atoms with Gasteiger partial charge in [0.2, 0.25) is 5.91 Å². The van der Waals surface area contributed by atoms with Gasteiger partial charge in [-0.05, 0) is 18.4 Å². The van der Waals surface area contributed by atoms with Crippen LogP contribution in [0.1, 0.15) is 31.2 Å². The Labute approximate surface area is 127 Å². The zero-order valence-electron chi connectivity index (χ0n) is 11.9. The second-order valence-corrected chi connectivity index (χ2v) is 6.52. The van der Waals surface area contributed by atoms with Crippen molar-refractivity contribution in [3.63, 3.8) is 0 Å². The van der Waals surface area contributed by atoms with Gasteiger partial charge in [0.15, 0.2) is 0 Å². The maximum atomic E-state index is 14.0. The number of halogens is 1. The van der Waals surface area contributed by atoms with Gasteiger partial charge in [-0.15, -0.1) is 11.8 Å². The van der Waals surface area contributed by atoms with Crippen molar-refractivity contribution >= 4 is 23.6 Å². The van der Waals surface area contributed by atoms with Crippen LogP contribution >= 0.6 is 11.8 Å². The van der Waals surface area contributed by atoms with Crippen molar-refractivity contribution in [1.82, 2.24) is 4.90 Å². The molecule has 0 aliphatic carbocycles. The third-order valence-corrected chi connectivity index (χ3v) is 4.59. The monoisotopic (exact) mass is 310 g/mol. The van der Waals surface area contributed by atoms with Gasteiger partial charge in [-0.2, -0.15) is 0 Å². The van der Waals surface area contributed by atoms with Gasteiger partial charge in [-0.25, -0.2) is 4.39 Å². The molecule has 1 amide bonds. The molecule has 6 heteroatoms. The predicted molar refractivity (Wildman–Crippen MR) is 76.7 cm³/mol. The molecule has 0 radical (unpaired) electrons. The van der Waals surface area contributed by atoms with Gasteiger partial charge in [0.1, 0.15) is 11.2 Å². The van der Waals surface area contributed by atoms with Crippen molar-refractivity contribution < 1.29 is 19.1 Å². The normalized spacial score (nSPS) is 20.1. The molecule has 2 atom stereocenters. The van der Waals surface area contributed by atoms with Gasteiger partial charge in [0.05, 0.1) is 17.8 Å². The predicted octanol–water partition coefficient (Wildman–Crippen LogP) is 1.56. The Kier molecular flexibility index (Phi) is 4.88. The van der Waals surface area contributed by atoms with Crippen molar-refractivity contribution in [2.75, 3.05) is 5.75 Å². The van der Waals surface area contributed by atoms with E-state index in [4.69, 9.17) is 0 Å². The van der Waals surface area contributed by atoms with Gasteiger partial charge in [0.25, 0.3) is 0 Å². The summed E-state index contributed by atoms with van der Waals surface area (Å²) < 4.78 is 14.0. The number of aliphatic carboxylic acids is 1. The van der Waals surface area contributed by atoms with Gasteiger partial charge in [0, 0.05) is 5.56 Å². The fourth-order valence-corrected chi connectivity index (χ4v) is 3.70. The first-order valence-electron chi connectivity index (χ1n) is 6.80. The van der Waals surface area contributed by atoms with Crippen LogP contribution in [-0.4, -0.2) is 28.6 Å². The highest BCUT2D eigenvalue weighted by Crippen LogP contribution is 2.41. The van der Waals surface area contributed by atoms with Crippen LogP contribution in [0, 0.1) is 11.7 Å². The summed E-state index contributed by atoms with van der Waals surface area (Å²) in [6, 6.07) is 5.11. The van der Waals surface area contributed by atoms with E-state index in [0.717, 1.165) is 0 Å². The van der Waals surface area contributed by atoms with E-state index in [2.05, 4.69) is 0 Å². The van der Waals surface area contributed by atoms with Crippen LogP contribution in [0.4, 0.5) is 4.39 Å². The second-order valence-electron chi connectivity index (χ2n) is 5.45. The lowest BCUT2D eigenvalue weighted by Crippen LogP contribution is -2.50. The van der Waals surface area contributed by atoms with Crippen molar-refractivity contribution in [3.8, 4) is 0 Å². The molecule has 0 spiro atoms. The molecule has 0 bridgehead atoms. The van der Waals surface area contributed by atoms with Crippen molar-refractivity contribution in [2.24, 2.45) is 5.92 Å². The summed E-state index contributed by atoms with van der Waals surface area (Å²) in [6.45, 7) is 3.75. The molecular weight excluding hydrogens is 293 g/mol. The number of carbonyl (C=O) groups is 2. The summed E-state index contributed by atoms with van der Waals surface area (Å²) in [5, 5.41) is 10.8. The molecule has 1 saturated heterocycles. The molecule has 0 N–H and O–H groups in total. The van der Waals surface area contributed by atoms with Crippen LogP contribution in [0.3, 0.4) is 0 Å². The molecule has 4 nitrogen and oxygen atoms in total. The minimum absolute atomic E-state index is 0.0903. The van der Waals surface area contributed by atoms with Crippen LogP contribution in [-0.2, 0) is 9.59 Å². The van der Waals surface area contributed by atoms with Crippen molar-refractivity contribution in [2.45, 2.75) is 31.7 Å². The van der Waals surface area contributed by atoms with Crippen LogP contribution in [0.5, 0.6) is 0 Å². The first-order chi connectivity index (χ1) is 9.91. The zero-order chi connectivity index (χ0) is 15.6. The number of carboxylic acid groups (broad SMARTS) is 1. The van der Waals surface area contributed by atoms with E-state index in [-0.39, 0.29) is 17.6 Å². The number of hydrogen-bond donors (Lipinski definition) is 0. The Morgan fingerprint density at radius 1 is 1.48 bits per heavy atom. The SMILES string of the molecule is CC(C)C[C@H](C(=O)[O-])N1C(=O)CS[C@H]1c1ccccc1F. The summed E-state index contributed by atoms with van der Waals surface area (Å²) in [4.78, 5) is 24.8. The minimum Gasteiger partial charge on any atom is -0.548 e. The molecule has 0 aromatic heterocycles. The first-order valence-corrected chi connectivity index (χ1v) is 7.84. The third-order valence-electron chi connectivity index (χ3n) is 3.38. The Morgan fingerprint density at radius 2 is 2.14 bits per heavy atom. The van der Waals surface area contributed by atoms with E-state index in [1.54, 1.807) is 18.2 Å². The minimum atomic E-state index is -1.29. The average Bonchev–Trinajstić information content (AvgIpc) is 2.78. The van der Waals surface area contributed by atoms with E-state index >= 15 is 0 Å². The van der Waals surface area contributed by atoms with E-state index in [9.17, 15) is 19.1 Å². The van der Waals surface area contributed by atoms with Crippen molar-refractivity contribution in [3.05, 3.63) is 35.6 Å². The van der Waals surface area contributed by atoms with Crippen LogP contribution in [0.2, 0.25) is 0 Å².